The van der Waals surface area contributed by atoms with Crippen LogP contribution in [0.2, 0.25) is 0 Å². The second-order valence-electron chi connectivity index (χ2n) is 4.70. The van der Waals surface area contributed by atoms with Gasteiger partial charge in [0.1, 0.15) is 5.82 Å². The van der Waals surface area contributed by atoms with Crippen molar-refractivity contribution in [2.45, 2.75) is 6.42 Å². The summed E-state index contributed by atoms with van der Waals surface area (Å²) in [6.07, 6.45) is 1.05. The molecule has 1 saturated heterocycles. The number of halogens is 2. The van der Waals surface area contributed by atoms with E-state index in [0.29, 0.717) is 17.3 Å². The number of rotatable bonds is 2. The van der Waals surface area contributed by atoms with Gasteiger partial charge in [-0.25, -0.2) is 4.39 Å². The Labute approximate surface area is 124 Å². The molecule has 0 atom stereocenters. The first-order chi connectivity index (χ1) is 9.74. The number of anilines is 1. The standard InChI is InChI=1S/C13H15BrFN5/c14-9-2-3-11(15)10(8-9)12-17-13(19-18-12)20-6-1-4-16-5-7-20/h2-3,8,16H,1,4-7H2,(H,17,18,19). The summed E-state index contributed by atoms with van der Waals surface area (Å²) >= 11 is 3.34. The van der Waals surface area contributed by atoms with Gasteiger partial charge in [-0.05, 0) is 31.2 Å². The normalized spacial score (nSPS) is 16.2. The van der Waals surface area contributed by atoms with E-state index in [4.69, 9.17) is 0 Å². The molecular weight excluding hydrogens is 325 g/mol. The second kappa shape index (κ2) is 5.88. The molecule has 0 radical (unpaired) electrons. The molecule has 5 nitrogen and oxygen atoms in total. The van der Waals surface area contributed by atoms with E-state index in [0.717, 1.165) is 37.1 Å². The Morgan fingerprint density at radius 2 is 2.15 bits per heavy atom. The lowest BCUT2D eigenvalue weighted by Gasteiger charge is -2.16. The lowest BCUT2D eigenvalue weighted by Crippen LogP contribution is -2.28. The predicted molar refractivity (Wildman–Crippen MR) is 79.2 cm³/mol. The van der Waals surface area contributed by atoms with Gasteiger partial charge in [0, 0.05) is 24.1 Å². The molecule has 1 aromatic heterocycles. The Kier molecular flexibility index (Phi) is 3.98. The number of nitrogens with zero attached hydrogens (tertiary/aromatic N) is 3. The van der Waals surface area contributed by atoms with Crippen molar-refractivity contribution in [2.24, 2.45) is 0 Å². The first-order valence-corrected chi connectivity index (χ1v) is 7.37. The topological polar surface area (TPSA) is 56.8 Å². The fourth-order valence-electron chi connectivity index (χ4n) is 2.24. The third-order valence-corrected chi connectivity index (χ3v) is 3.77. The van der Waals surface area contributed by atoms with E-state index in [1.165, 1.54) is 6.07 Å². The summed E-state index contributed by atoms with van der Waals surface area (Å²) < 4.78 is 14.7. The average molecular weight is 340 g/mol. The molecular formula is C13H15BrFN5. The summed E-state index contributed by atoms with van der Waals surface area (Å²) in [5.74, 6) is 0.771. The number of hydrogen-bond donors (Lipinski definition) is 2. The first kappa shape index (κ1) is 13.5. The highest BCUT2D eigenvalue weighted by Gasteiger charge is 2.16. The number of aromatic nitrogens is 3. The molecule has 3 rings (SSSR count). The number of hydrogen-bond acceptors (Lipinski definition) is 4. The Morgan fingerprint density at radius 3 is 3.05 bits per heavy atom. The van der Waals surface area contributed by atoms with Gasteiger partial charge >= 0.3 is 0 Å². The number of H-pyrrole nitrogens is 1. The quantitative estimate of drug-likeness (QED) is 0.880. The summed E-state index contributed by atoms with van der Waals surface area (Å²) in [5.41, 5.74) is 0.422. The highest BCUT2D eigenvalue weighted by Crippen LogP contribution is 2.24. The summed E-state index contributed by atoms with van der Waals surface area (Å²) in [4.78, 5) is 6.53. The molecule has 2 aromatic rings. The molecule has 0 amide bonds. The number of nitrogens with one attached hydrogen (secondary N) is 2. The van der Waals surface area contributed by atoms with Crippen LogP contribution in [0.15, 0.2) is 22.7 Å². The maximum absolute atomic E-state index is 13.8. The van der Waals surface area contributed by atoms with Crippen LogP contribution in [0.3, 0.4) is 0 Å². The summed E-state index contributed by atoms with van der Waals surface area (Å²) in [7, 11) is 0. The van der Waals surface area contributed by atoms with E-state index >= 15 is 0 Å². The van der Waals surface area contributed by atoms with Crippen molar-refractivity contribution < 1.29 is 4.39 Å². The summed E-state index contributed by atoms with van der Waals surface area (Å²) in [6, 6.07) is 4.78. The minimum absolute atomic E-state index is 0.312. The lowest BCUT2D eigenvalue weighted by atomic mass is 10.2. The Bertz CT molecular complexity index is 592. The molecule has 0 aliphatic carbocycles. The molecule has 0 spiro atoms. The van der Waals surface area contributed by atoms with Gasteiger partial charge in [-0.3, -0.25) is 5.10 Å². The number of aromatic amines is 1. The molecule has 20 heavy (non-hydrogen) atoms. The van der Waals surface area contributed by atoms with Crippen molar-refractivity contribution in [1.29, 1.82) is 0 Å². The van der Waals surface area contributed by atoms with Crippen LogP contribution in [0, 0.1) is 5.82 Å². The Balaban J connectivity index is 1.87. The SMILES string of the molecule is Fc1ccc(Br)cc1-c1nc(N2CCCNCC2)n[nH]1. The largest absolute Gasteiger partial charge is 0.338 e. The van der Waals surface area contributed by atoms with Crippen LogP contribution >= 0.6 is 15.9 Å². The zero-order chi connectivity index (χ0) is 13.9. The monoisotopic (exact) mass is 339 g/mol. The van der Waals surface area contributed by atoms with Crippen LogP contribution in [-0.2, 0) is 0 Å². The van der Waals surface area contributed by atoms with E-state index in [1.54, 1.807) is 12.1 Å². The van der Waals surface area contributed by atoms with Crippen LogP contribution in [0.1, 0.15) is 6.42 Å². The molecule has 1 aliphatic heterocycles. The molecule has 0 bridgehead atoms. The first-order valence-electron chi connectivity index (χ1n) is 6.57. The smallest absolute Gasteiger partial charge is 0.245 e. The third-order valence-electron chi connectivity index (χ3n) is 3.28. The molecule has 0 saturated carbocycles. The van der Waals surface area contributed by atoms with Gasteiger partial charge in [0.05, 0.1) is 5.56 Å². The predicted octanol–water partition coefficient (Wildman–Crippen LogP) is 2.17. The zero-order valence-electron chi connectivity index (χ0n) is 10.9. The average Bonchev–Trinajstić information content (AvgIpc) is 2.77. The fourth-order valence-corrected chi connectivity index (χ4v) is 2.60. The van der Waals surface area contributed by atoms with Crippen molar-refractivity contribution in [2.75, 3.05) is 31.1 Å². The Morgan fingerprint density at radius 1 is 1.25 bits per heavy atom. The van der Waals surface area contributed by atoms with E-state index < -0.39 is 0 Å². The maximum Gasteiger partial charge on any atom is 0.245 e. The van der Waals surface area contributed by atoms with Crippen molar-refractivity contribution in [3.05, 3.63) is 28.5 Å². The highest BCUT2D eigenvalue weighted by atomic mass is 79.9. The van der Waals surface area contributed by atoms with Gasteiger partial charge in [0.15, 0.2) is 5.82 Å². The number of benzene rings is 1. The van der Waals surface area contributed by atoms with Crippen LogP contribution < -0.4 is 10.2 Å². The lowest BCUT2D eigenvalue weighted by molar-refractivity contribution is 0.629. The van der Waals surface area contributed by atoms with Gasteiger partial charge in [0.2, 0.25) is 5.95 Å². The molecule has 1 aliphatic rings. The fraction of sp³-hybridized carbons (Fsp3) is 0.385. The van der Waals surface area contributed by atoms with Gasteiger partial charge in [-0.2, -0.15) is 4.98 Å². The Hall–Kier alpha value is -1.47. The van der Waals surface area contributed by atoms with E-state index in [9.17, 15) is 4.39 Å². The third kappa shape index (κ3) is 2.83. The maximum atomic E-state index is 13.8. The molecule has 1 aromatic carbocycles. The molecule has 7 heteroatoms. The van der Waals surface area contributed by atoms with Crippen molar-refractivity contribution in [1.82, 2.24) is 20.5 Å². The molecule has 1 fully saturated rings. The second-order valence-corrected chi connectivity index (χ2v) is 5.61. The molecule has 2 heterocycles. The minimum atomic E-state index is -0.312. The van der Waals surface area contributed by atoms with Crippen molar-refractivity contribution in [3.63, 3.8) is 0 Å². The van der Waals surface area contributed by atoms with Gasteiger partial charge in [-0.15, -0.1) is 5.10 Å². The van der Waals surface area contributed by atoms with Gasteiger partial charge in [0.25, 0.3) is 0 Å². The van der Waals surface area contributed by atoms with E-state index in [-0.39, 0.29) is 5.82 Å². The van der Waals surface area contributed by atoms with E-state index in [1.807, 2.05) is 0 Å². The van der Waals surface area contributed by atoms with Gasteiger partial charge in [-0.1, -0.05) is 15.9 Å². The van der Waals surface area contributed by atoms with Crippen LogP contribution in [-0.4, -0.2) is 41.4 Å². The molecule has 0 unspecified atom stereocenters. The van der Waals surface area contributed by atoms with Crippen molar-refractivity contribution >= 4 is 21.9 Å². The molecule has 106 valence electrons. The zero-order valence-corrected chi connectivity index (χ0v) is 12.5. The summed E-state index contributed by atoms with van der Waals surface area (Å²) in [5, 5.41) is 10.4. The highest BCUT2D eigenvalue weighted by molar-refractivity contribution is 9.10. The van der Waals surface area contributed by atoms with Crippen molar-refractivity contribution in [3.8, 4) is 11.4 Å². The minimum Gasteiger partial charge on any atom is -0.338 e. The molecule has 2 N–H and O–H groups in total. The van der Waals surface area contributed by atoms with Gasteiger partial charge < -0.3 is 10.2 Å². The van der Waals surface area contributed by atoms with Crippen LogP contribution in [0.5, 0.6) is 0 Å². The van der Waals surface area contributed by atoms with E-state index in [2.05, 4.69) is 41.3 Å². The van der Waals surface area contributed by atoms with Crippen LogP contribution in [0.4, 0.5) is 10.3 Å². The summed E-state index contributed by atoms with van der Waals surface area (Å²) in [6.45, 7) is 3.69. The van der Waals surface area contributed by atoms with Crippen LogP contribution in [0.25, 0.3) is 11.4 Å².